The molecule has 0 atom stereocenters. The lowest BCUT2D eigenvalue weighted by Gasteiger charge is -2.13. The number of aryl methyl sites for hydroxylation is 2. The van der Waals surface area contributed by atoms with Crippen LogP contribution in [0.2, 0.25) is 0 Å². The van der Waals surface area contributed by atoms with Gasteiger partial charge in [-0.3, -0.25) is 4.98 Å². The molecule has 0 aromatic carbocycles. The molecular weight excluding hydrogens is 238 g/mol. The lowest BCUT2D eigenvalue weighted by atomic mass is 10.2. The Morgan fingerprint density at radius 1 is 1.32 bits per heavy atom. The van der Waals surface area contributed by atoms with Gasteiger partial charge in [-0.2, -0.15) is 5.10 Å². The molecule has 0 saturated carbocycles. The molecule has 5 heteroatoms. The van der Waals surface area contributed by atoms with E-state index in [2.05, 4.69) is 35.3 Å². The first kappa shape index (κ1) is 13.4. The van der Waals surface area contributed by atoms with Crippen molar-refractivity contribution in [2.24, 2.45) is 0 Å². The number of nitrogen functional groups attached to an aromatic ring is 1. The fourth-order valence-corrected chi connectivity index (χ4v) is 1.90. The van der Waals surface area contributed by atoms with E-state index < -0.39 is 0 Å². The van der Waals surface area contributed by atoms with Gasteiger partial charge in [-0.05, 0) is 39.3 Å². The van der Waals surface area contributed by atoms with Crippen LogP contribution in [0.3, 0.4) is 0 Å². The van der Waals surface area contributed by atoms with E-state index in [-0.39, 0.29) is 6.04 Å². The minimum Gasteiger partial charge on any atom is -0.394 e. The summed E-state index contributed by atoms with van der Waals surface area (Å²) in [6.45, 7) is 8.77. The number of pyridine rings is 1. The van der Waals surface area contributed by atoms with Gasteiger partial charge >= 0.3 is 0 Å². The zero-order valence-electron chi connectivity index (χ0n) is 11.9. The first-order chi connectivity index (χ1) is 8.99. The summed E-state index contributed by atoms with van der Waals surface area (Å²) in [4.78, 5) is 4.28. The summed E-state index contributed by atoms with van der Waals surface area (Å²) in [6.07, 6.45) is 1.88. The molecule has 0 aliphatic rings. The van der Waals surface area contributed by atoms with E-state index in [1.165, 1.54) is 0 Å². The second-order valence-electron chi connectivity index (χ2n) is 5.05. The summed E-state index contributed by atoms with van der Waals surface area (Å²) in [6, 6.07) is 4.34. The van der Waals surface area contributed by atoms with Gasteiger partial charge in [0.15, 0.2) is 0 Å². The van der Waals surface area contributed by atoms with E-state index in [9.17, 15) is 0 Å². The van der Waals surface area contributed by atoms with Crippen molar-refractivity contribution in [2.75, 3.05) is 11.1 Å². The van der Waals surface area contributed by atoms with Crippen LogP contribution in [0.4, 0.5) is 11.5 Å². The van der Waals surface area contributed by atoms with Crippen LogP contribution in [-0.4, -0.2) is 14.8 Å². The smallest absolute Gasteiger partial charge is 0.148 e. The molecule has 3 N–H and O–H groups in total. The quantitative estimate of drug-likeness (QED) is 0.885. The van der Waals surface area contributed by atoms with Crippen LogP contribution in [0.1, 0.15) is 36.8 Å². The molecule has 0 radical (unpaired) electrons. The lowest BCUT2D eigenvalue weighted by Crippen LogP contribution is -2.11. The summed E-state index contributed by atoms with van der Waals surface area (Å²) in [5.41, 5.74) is 9.79. The Morgan fingerprint density at radius 2 is 2.05 bits per heavy atom. The third kappa shape index (κ3) is 2.86. The van der Waals surface area contributed by atoms with E-state index in [0.29, 0.717) is 12.2 Å². The predicted octanol–water partition coefficient (Wildman–Crippen LogP) is 2.67. The Labute approximate surface area is 113 Å². The van der Waals surface area contributed by atoms with E-state index >= 15 is 0 Å². The van der Waals surface area contributed by atoms with E-state index in [0.717, 1.165) is 22.8 Å². The van der Waals surface area contributed by atoms with Crippen LogP contribution in [0.25, 0.3) is 0 Å². The average molecular weight is 259 g/mol. The molecule has 2 rings (SSSR count). The predicted molar refractivity (Wildman–Crippen MR) is 78.1 cm³/mol. The molecule has 5 nitrogen and oxygen atoms in total. The highest BCUT2D eigenvalue weighted by Crippen LogP contribution is 2.25. The second-order valence-corrected chi connectivity index (χ2v) is 5.05. The second kappa shape index (κ2) is 5.30. The summed E-state index contributed by atoms with van der Waals surface area (Å²) in [5, 5.41) is 7.80. The number of aromatic nitrogens is 3. The number of anilines is 2. The van der Waals surface area contributed by atoms with Crippen molar-refractivity contribution in [3.05, 3.63) is 35.3 Å². The summed E-state index contributed by atoms with van der Waals surface area (Å²) >= 11 is 0. The maximum absolute atomic E-state index is 6.07. The number of nitrogens with one attached hydrogen (secondary N) is 1. The van der Waals surface area contributed by atoms with Gasteiger partial charge in [-0.1, -0.05) is 6.07 Å². The van der Waals surface area contributed by atoms with Crippen molar-refractivity contribution in [2.45, 2.75) is 40.3 Å². The van der Waals surface area contributed by atoms with Crippen molar-refractivity contribution < 1.29 is 0 Å². The largest absolute Gasteiger partial charge is 0.394 e. The Balaban J connectivity index is 2.17. The molecule has 2 heterocycles. The monoisotopic (exact) mass is 259 g/mol. The normalized spacial score (nSPS) is 11.0. The third-order valence-corrected chi connectivity index (χ3v) is 3.05. The molecule has 0 aliphatic carbocycles. The van der Waals surface area contributed by atoms with Crippen LogP contribution in [0.5, 0.6) is 0 Å². The molecular formula is C14H21N5. The molecule has 0 aliphatic heterocycles. The molecule has 19 heavy (non-hydrogen) atoms. The maximum Gasteiger partial charge on any atom is 0.148 e. The van der Waals surface area contributed by atoms with Gasteiger partial charge in [0, 0.05) is 24.5 Å². The van der Waals surface area contributed by atoms with Crippen LogP contribution in [0, 0.1) is 13.8 Å². The maximum atomic E-state index is 6.07. The van der Waals surface area contributed by atoms with Crippen molar-refractivity contribution >= 4 is 11.5 Å². The molecule has 0 unspecified atom stereocenters. The van der Waals surface area contributed by atoms with Gasteiger partial charge in [-0.25, -0.2) is 4.68 Å². The first-order valence-electron chi connectivity index (χ1n) is 6.49. The number of nitrogens with two attached hydrogens (primary N) is 1. The Kier molecular flexibility index (Phi) is 3.74. The summed E-state index contributed by atoms with van der Waals surface area (Å²) < 4.78 is 1.92. The van der Waals surface area contributed by atoms with E-state index in [4.69, 9.17) is 5.73 Å². The standard InChI is InChI=1S/C14H21N5/c1-9(2)19-14(13(15)11(4)18-19)17-8-12-6-5-10(3)16-7-12/h5-7,9,17H,8,15H2,1-4H3. The van der Waals surface area contributed by atoms with E-state index in [1.807, 2.05) is 30.8 Å². The van der Waals surface area contributed by atoms with Crippen molar-refractivity contribution in [1.82, 2.24) is 14.8 Å². The molecule has 0 bridgehead atoms. The Hall–Kier alpha value is -2.04. The first-order valence-corrected chi connectivity index (χ1v) is 6.49. The van der Waals surface area contributed by atoms with Gasteiger partial charge in [0.1, 0.15) is 5.82 Å². The van der Waals surface area contributed by atoms with Gasteiger partial charge < -0.3 is 11.1 Å². The van der Waals surface area contributed by atoms with Crippen LogP contribution in [0.15, 0.2) is 18.3 Å². The lowest BCUT2D eigenvalue weighted by molar-refractivity contribution is 0.534. The van der Waals surface area contributed by atoms with Crippen molar-refractivity contribution in [3.8, 4) is 0 Å². The highest BCUT2D eigenvalue weighted by Gasteiger charge is 2.14. The molecule has 2 aromatic rings. The SMILES string of the molecule is Cc1ccc(CNc2c(N)c(C)nn2C(C)C)cn1. The summed E-state index contributed by atoms with van der Waals surface area (Å²) in [5.74, 6) is 0.882. The minimum absolute atomic E-state index is 0.273. The van der Waals surface area contributed by atoms with Crippen LogP contribution in [-0.2, 0) is 6.54 Å². The molecule has 0 fully saturated rings. The number of hydrogen-bond donors (Lipinski definition) is 2. The molecule has 2 aromatic heterocycles. The summed E-state index contributed by atoms with van der Waals surface area (Å²) in [7, 11) is 0. The van der Waals surface area contributed by atoms with Gasteiger partial charge in [0.25, 0.3) is 0 Å². The zero-order valence-corrected chi connectivity index (χ0v) is 11.9. The molecule has 0 saturated heterocycles. The highest BCUT2D eigenvalue weighted by atomic mass is 15.4. The molecule has 0 amide bonds. The molecule has 0 spiro atoms. The van der Waals surface area contributed by atoms with Gasteiger partial charge in [-0.15, -0.1) is 0 Å². The topological polar surface area (TPSA) is 68.8 Å². The molecule has 102 valence electrons. The third-order valence-electron chi connectivity index (χ3n) is 3.05. The number of hydrogen-bond acceptors (Lipinski definition) is 4. The fraction of sp³-hybridized carbons (Fsp3) is 0.429. The van der Waals surface area contributed by atoms with E-state index in [1.54, 1.807) is 0 Å². The Morgan fingerprint density at radius 3 is 2.63 bits per heavy atom. The van der Waals surface area contributed by atoms with Crippen molar-refractivity contribution in [1.29, 1.82) is 0 Å². The number of nitrogens with zero attached hydrogens (tertiary/aromatic N) is 3. The zero-order chi connectivity index (χ0) is 14.0. The highest BCUT2D eigenvalue weighted by molar-refractivity contribution is 5.65. The van der Waals surface area contributed by atoms with Crippen LogP contribution >= 0.6 is 0 Å². The van der Waals surface area contributed by atoms with Crippen molar-refractivity contribution in [3.63, 3.8) is 0 Å². The van der Waals surface area contributed by atoms with Gasteiger partial charge in [0.2, 0.25) is 0 Å². The Bertz CT molecular complexity index is 554. The average Bonchev–Trinajstić information content (AvgIpc) is 2.66. The van der Waals surface area contributed by atoms with Crippen LogP contribution < -0.4 is 11.1 Å². The van der Waals surface area contributed by atoms with Gasteiger partial charge in [0.05, 0.1) is 11.4 Å². The minimum atomic E-state index is 0.273. The number of rotatable bonds is 4. The fourth-order valence-electron chi connectivity index (χ4n) is 1.90.